The number of anilines is 1. The zero-order valence-corrected chi connectivity index (χ0v) is 10.9. The van der Waals surface area contributed by atoms with Crippen molar-refractivity contribution < 1.29 is 9.53 Å². The molecule has 1 heterocycles. The highest BCUT2D eigenvalue weighted by atomic mass is 16.6. The molecule has 1 aromatic rings. The number of fused-ring (bicyclic) bond motifs is 1. The summed E-state index contributed by atoms with van der Waals surface area (Å²) in [6.45, 7) is 6.31. The summed E-state index contributed by atoms with van der Waals surface area (Å²) >= 11 is 0. The molecule has 1 aromatic carbocycles. The van der Waals surface area contributed by atoms with Gasteiger partial charge in [0.1, 0.15) is 5.60 Å². The molecule has 2 rings (SSSR count). The topological polar surface area (TPSA) is 50.4 Å². The number of benzene rings is 1. The summed E-state index contributed by atoms with van der Waals surface area (Å²) in [7, 11) is 0. The summed E-state index contributed by atoms with van der Waals surface area (Å²) in [6, 6.07) is 5.83. The van der Waals surface area contributed by atoms with Crippen LogP contribution in [0.1, 0.15) is 31.9 Å². The second-order valence-corrected chi connectivity index (χ2v) is 5.22. The number of carbonyl (C=O) groups excluding carboxylic acids is 1. The van der Waals surface area contributed by atoms with E-state index in [0.29, 0.717) is 0 Å². The van der Waals surface area contributed by atoms with E-state index in [1.54, 1.807) is 0 Å². The summed E-state index contributed by atoms with van der Waals surface area (Å²) in [5.74, 6) is 0. The van der Waals surface area contributed by atoms with E-state index in [0.717, 1.165) is 23.4 Å². The second kappa shape index (κ2) is 4.72. The van der Waals surface area contributed by atoms with Gasteiger partial charge in [0.15, 0.2) is 0 Å². The first-order chi connectivity index (χ1) is 8.46. The van der Waals surface area contributed by atoms with Crippen molar-refractivity contribution in [2.45, 2.75) is 32.9 Å². The average Bonchev–Trinajstić information content (AvgIpc) is 2.27. The summed E-state index contributed by atoms with van der Waals surface area (Å²) in [6.07, 6.45) is 3.40. The maximum Gasteiger partial charge on any atom is 0.412 e. The van der Waals surface area contributed by atoms with Gasteiger partial charge in [0.25, 0.3) is 0 Å². The van der Waals surface area contributed by atoms with E-state index in [4.69, 9.17) is 4.74 Å². The van der Waals surface area contributed by atoms with Gasteiger partial charge in [-0.1, -0.05) is 12.1 Å². The first kappa shape index (κ1) is 12.5. The lowest BCUT2D eigenvalue weighted by molar-refractivity contribution is 0.0636. The van der Waals surface area contributed by atoms with E-state index in [9.17, 15) is 4.79 Å². The molecule has 4 nitrogen and oxygen atoms in total. The third kappa shape index (κ3) is 3.03. The van der Waals surface area contributed by atoms with Crippen molar-refractivity contribution in [2.24, 2.45) is 0 Å². The lowest BCUT2D eigenvalue weighted by Crippen LogP contribution is -2.27. The Hall–Kier alpha value is -1.97. The first-order valence-corrected chi connectivity index (χ1v) is 5.97. The van der Waals surface area contributed by atoms with E-state index in [1.807, 2.05) is 51.2 Å². The van der Waals surface area contributed by atoms with Gasteiger partial charge < -0.3 is 10.1 Å². The van der Waals surface area contributed by atoms with Gasteiger partial charge in [-0.05, 0) is 44.7 Å². The molecule has 2 N–H and O–H groups in total. The number of hydrogen-bond donors (Lipinski definition) is 2. The quantitative estimate of drug-likeness (QED) is 0.800. The molecule has 4 heteroatoms. The number of ether oxygens (including phenoxy) is 1. The molecule has 0 bridgehead atoms. The minimum absolute atomic E-state index is 0.428. The predicted octanol–water partition coefficient (Wildman–Crippen LogP) is 3.11. The van der Waals surface area contributed by atoms with Crippen LogP contribution in [-0.2, 0) is 11.3 Å². The predicted molar refractivity (Wildman–Crippen MR) is 72.2 cm³/mol. The maximum absolute atomic E-state index is 11.7. The molecule has 18 heavy (non-hydrogen) atoms. The molecule has 0 aliphatic carbocycles. The van der Waals surface area contributed by atoms with Crippen LogP contribution in [0.3, 0.4) is 0 Å². The van der Waals surface area contributed by atoms with Crippen LogP contribution in [0, 0.1) is 0 Å². The Kier molecular flexibility index (Phi) is 3.28. The molecule has 0 spiro atoms. The number of amides is 1. The van der Waals surface area contributed by atoms with Crippen molar-refractivity contribution in [3.05, 3.63) is 35.5 Å². The van der Waals surface area contributed by atoms with Crippen molar-refractivity contribution in [3.8, 4) is 0 Å². The van der Waals surface area contributed by atoms with Crippen LogP contribution in [0.5, 0.6) is 0 Å². The van der Waals surface area contributed by atoms with Crippen molar-refractivity contribution in [1.82, 2.24) is 5.32 Å². The van der Waals surface area contributed by atoms with Gasteiger partial charge in [-0.15, -0.1) is 0 Å². The summed E-state index contributed by atoms with van der Waals surface area (Å²) < 4.78 is 5.24. The Labute approximate surface area is 107 Å². The molecule has 1 aliphatic rings. The van der Waals surface area contributed by atoms with Crippen molar-refractivity contribution in [3.63, 3.8) is 0 Å². The van der Waals surface area contributed by atoms with Crippen LogP contribution in [0.15, 0.2) is 24.4 Å². The van der Waals surface area contributed by atoms with Gasteiger partial charge in [0.2, 0.25) is 0 Å². The third-order valence-corrected chi connectivity index (χ3v) is 2.49. The Morgan fingerprint density at radius 3 is 2.89 bits per heavy atom. The van der Waals surface area contributed by atoms with Crippen LogP contribution in [0.2, 0.25) is 0 Å². The van der Waals surface area contributed by atoms with E-state index < -0.39 is 11.7 Å². The lowest BCUT2D eigenvalue weighted by atomic mass is 10.0. The number of carbonyl (C=O) groups is 1. The molecule has 0 atom stereocenters. The SMILES string of the molecule is CC(C)(C)OC(=O)Nc1cccc2c1C=CNC2. The molecule has 1 aliphatic heterocycles. The number of hydrogen-bond acceptors (Lipinski definition) is 3. The van der Waals surface area contributed by atoms with Crippen LogP contribution >= 0.6 is 0 Å². The van der Waals surface area contributed by atoms with Crippen LogP contribution in [-0.4, -0.2) is 11.7 Å². The normalized spacial score (nSPS) is 13.5. The minimum atomic E-state index is -0.490. The van der Waals surface area contributed by atoms with Gasteiger partial charge in [-0.25, -0.2) is 4.79 Å². The molecule has 1 amide bonds. The summed E-state index contributed by atoms with van der Waals surface area (Å²) in [4.78, 5) is 11.7. The van der Waals surface area contributed by atoms with Crippen LogP contribution < -0.4 is 10.6 Å². The molecular formula is C14H18N2O2. The summed E-state index contributed by atoms with van der Waals surface area (Å²) in [5.41, 5.74) is 2.48. The molecule has 0 aromatic heterocycles. The van der Waals surface area contributed by atoms with Crippen molar-refractivity contribution >= 4 is 17.9 Å². The van der Waals surface area contributed by atoms with Gasteiger partial charge in [-0.2, -0.15) is 0 Å². The van der Waals surface area contributed by atoms with Crippen LogP contribution in [0.4, 0.5) is 10.5 Å². The zero-order valence-electron chi connectivity index (χ0n) is 10.9. The molecule has 0 saturated carbocycles. The van der Waals surface area contributed by atoms with Crippen molar-refractivity contribution in [1.29, 1.82) is 0 Å². The zero-order chi connectivity index (χ0) is 13.2. The van der Waals surface area contributed by atoms with Crippen molar-refractivity contribution in [2.75, 3.05) is 5.32 Å². The van der Waals surface area contributed by atoms with E-state index >= 15 is 0 Å². The monoisotopic (exact) mass is 246 g/mol. The van der Waals surface area contributed by atoms with Gasteiger partial charge in [0, 0.05) is 12.1 Å². The van der Waals surface area contributed by atoms with Gasteiger partial charge in [-0.3, -0.25) is 5.32 Å². The molecular weight excluding hydrogens is 228 g/mol. The number of nitrogens with one attached hydrogen (secondary N) is 2. The van der Waals surface area contributed by atoms with Gasteiger partial charge in [0.05, 0.1) is 5.69 Å². The molecule has 0 saturated heterocycles. The molecule has 0 unspecified atom stereocenters. The van der Waals surface area contributed by atoms with Gasteiger partial charge >= 0.3 is 6.09 Å². The fraction of sp³-hybridized carbons (Fsp3) is 0.357. The molecule has 0 fully saturated rings. The average molecular weight is 246 g/mol. The Morgan fingerprint density at radius 1 is 1.39 bits per heavy atom. The molecule has 0 radical (unpaired) electrons. The standard InChI is InChI=1S/C14H18N2O2/c1-14(2,3)18-13(17)16-12-6-4-5-10-9-15-8-7-11(10)12/h4-8,15H,9H2,1-3H3,(H,16,17). The smallest absolute Gasteiger partial charge is 0.412 e. The Balaban J connectivity index is 2.16. The minimum Gasteiger partial charge on any atom is -0.444 e. The van der Waals surface area contributed by atoms with E-state index in [1.165, 1.54) is 0 Å². The highest BCUT2D eigenvalue weighted by molar-refractivity contribution is 5.88. The Morgan fingerprint density at radius 2 is 2.17 bits per heavy atom. The number of rotatable bonds is 1. The largest absolute Gasteiger partial charge is 0.444 e. The summed E-state index contributed by atoms with van der Waals surface area (Å²) in [5, 5.41) is 5.92. The van der Waals surface area contributed by atoms with E-state index in [-0.39, 0.29) is 0 Å². The highest BCUT2D eigenvalue weighted by Crippen LogP contribution is 2.24. The maximum atomic E-state index is 11.7. The van der Waals surface area contributed by atoms with Crippen LogP contribution in [0.25, 0.3) is 6.08 Å². The fourth-order valence-electron chi connectivity index (χ4n) is 1.80. The molecule has 96 valence electrons. The van der Waals surface area contributed by atoms with E-state index in [2.05, 4.69) is 10.6 Å². The third-order valence-electron chi connectivity index (χ3n) is 2.49. The second-order valence-electron chi connectivity index (χ2n) is 5.22. The highest BCUT2D eigenvalue weighted by Gasteiger charge is 2.17. The lowest BCUT2D eigenvalue weighted by Gasteiger charge is -2.21. The fourth-order valence-corrected chi connectivity index (χ4v) is 1.80. The Bertz CT molecular complexity index is 487. The first-order valence-electron chi connectivity index (χ1n) is 5.97.